The van der Waals surface area contributed by atoms with Crippen molar-refractivity contribution < 1.29 is 9.59 Å². The topological polar surface area (TPSA) is 126 Å². The SMILES string of the molecule is CCCNC(=O)C(C)NC(=O)c1nc(N)n[nH]1. The van der Waals surface area contributed by atoms with Crippen LogP contribution in [-0.4, -0.2) is 39.6 Å². The Kier molecular flexibility index (Phi) is 4.44. The number of aromatic amines is 1. The summed E-state index contributed by atoms with van der Waals surface area (Å²) >= 11 is 0. The molecule has 0 saturated heterocycles. The summed E-state index contributed by atoms with van der Waals surface area (Å²) in [5, 5.41) is 11.0. The zero-order valence-electron chi connectivity index (χ0n) is 9.78. The van der Waals surface area contributed by atoms with Gasteiger partial charge in [-0.05, 0) is 13.3 Å². The Morgan fingerprint density at radius 3 is 2.76 bits per heavy atom. The van der Waals surface area contributed by atoms with Crippen molar-refractivity contribution in [3.8, 4) is 0 Å². The van der Waals surface area contributed by atoms with Gasteiger partial charge in [-0.25, -0.2) is 0 Å². The molecule has 0 aliphatic carbocycles. The van der Waals surface area contributed by atoms with Crippen LogP contribution in [0, 0.1) is 0 Å². The molecule has 0 radical (unpaired) electrons. The second kappa shape index (κ2) is 5.83. The minimum absolute atomic E-state index is 0.0155. The maximum atomic E-state index is 11.6. The average Bonchev–Trinajstić information content (AvgIpc) is 2.72. The number of nitrogens with two attached hydrogens (primary N) is 1. The van der Waals surface area contributed by atoms with Crippen molar-refractivity contribution in [2.24, 2.45) is 0 Å². The number of carbonyl (C=O) groups excluding carboxylic acids is 2. The quantitative estimate of drug-likeness (QED) is 0.527. The number of anilines is 1. The Labute approximate surface area is 98.4 Å². The monoisotopic (exact) mass is 240 g/mol. The van der Waals surface area contributed by atoms with E-state index in [9.17, 15) is 9.59 Å². The molecular formula is C9H16N6O2. The van der Waals surface area contributed by atoms with E-state index >= 15 is 0 Å². The standard InChI is InChI=1S/C9H16N6O2/c1-3-4-11-7(16)5(2)12-8(17)6-13-9(10)15-14-6/h5H,3-4H2,1-2H3,(H,11,16)(H,12,17)(H3,10,13,14,15). The highest BCUT2D eigenvalue weighted by molar-refractivity contribution is 5.94. The molecule has 8 heteroatoms. The van der Waals surface area contributed by atoms with Crippen LogP contribution in [0.15, 0.2) is 0 Å². The van der Waals surface area contributed by atoms with Crippen LogP contribution in [0.2, 0.25) is 0 Å². The molecule has 1 atom stereocenters. The van der Waals surface area contributed by atoms with Gasteiger partial charge in [-0.15, -0.1) is 5.10 Å². The van der Waals surface area contributed by atoms with Crippen molar-refractivity contribution in [2.75, 3.05) is 12.3 Å². The number of carbonyl (C=O) groups is 2. The van der Waals surface area contributed by atoms with Crippen LogP contribution >= 0.6 is 0 Å². The van der Waals surface area contributed by atoms with Gasteiger partial charge in [0.05, 0.1) is 0 Å². The highest BCUT2D eigenvalue weighted by Gasteiger charge is 2.18. The molecule has 1 unspecified atom stereocenters. The summed E-state index contributed by atoms with van der Waals surface area (Å²) in [4.78, 5) is 26.7. The van der Waals surface area contributed by atoms with Gasteiger partial charge in [0.2, 0.25) is 17.7 Å². The summed E-state index contributed by atoms with van der Waals surface area (Å²) in [6, 6.07) is -0.639. The van der Waals surface area contributed by atoms with Crippen molar-refractivity contribution in [3.63, 3.8) is 0 Å². The molecule has 17 heavy (non-hydrogen) atoms. The largest absolute Gasteiger partial charge is 0.366 e. The van der Waals surface area contributed by atoms with Crippen molar-refractivity contribution in [1.29, 1.82) is 0 Å². The molecule has 0 bridgehead atoms. The van der Waals surface area contributed by atoms with E-state index < -0.39 is 11.9 Å². The third-order valence-corrected chi connectivity index (χ3v) is 2.01. The third-order valence-electron chi connectivity index (χ3n) is 2.01. The zero-order chi connectivity index (χ0) is 12.8. The smallest absolute Gasteiger partial charge is 0.289 e. The van der Waals surface area contributed by atoms with Crippen LogP contribution < -0.4 is 16.4 Å². The van der Waals surface area contributed by atoms with Crippen LogP contribution in [0.5, 0.6) is 0 Å². The number of rotatable bonds is 5. The first-order valence-corrected chi connectivity index (χ1v) is 5.31. The predicted octanol–water partition coefficient (Wildman–Crippen LogP) is -0.969. The molecule has 0 aliphatic rings. The fraction of sp³-hybridized carbons (Fsp3) is 0.556. The Bertz CT molecular complexity index is 402. The lowest BCUT2D eigenvalue weighted by Gasteiger charge is -2.12. The van der Waals surface area contributed by atoms with Gasteiger partial charge in [0.15, 0.2) is 0 Å². The molecule has 0 fully saturated rings. The van der Waals surface area contributed by atoms with Crippen LogP contribution in [-0.2, 0) is 4.79 Å². The Morgan fingerprint density at radius 1 is 1.53 bits per heavy atom. The first-order valence-electron chi connectivity index (χ1n) is 5.31. The van der Waals surface area contributed by atoms with E-state index in [0.29, 0.717) is 6.54 Å². The van der Waals surface area contributed by atoms with Crippen molar-refractivity contribution in [2.45, 2.75) is 26.3 Å². The predicted molar refractivity (Wildman–Crippen MR) is 61.0 cm³/mol. The van der Waals surface area contributed by atoms with Crippen LogP contribution in [0.3, 0.4) is 0 Å². The molecule has 0 aromatic carbocycles. The van der Waals surface area contributed by atoms with Crippen molar-refractivity contribution >= 4 is 17.8 Å². The lowest BCUT2D eigenvalue weighted by molar-refractivity contribution is -0.122. The Hall–Kier alpha value is -2.12. The van der Waals surface area contributed by atoms with Gasteiger partial charge >= 0.3 is 0 Å². The maximum Gasteiger partial charge on any atom is 0.289 e. The molecule has 5 N–H and O–H groups in total. The maximum absolute atomic E-state index is 11.6. The molecule has 1 heterocycles. The summed E-state index contributed by atoms with van der Waals surface area (Å²) in [5.74, 6) is -0.795. The first kappa shape index (κ1) is 12.9. The molecule has 1 aromatic rings. The molecule has 94 valence electrons. The van der Waals surface area contributed by atoms with E-state index in [1.54, 1.807) is 6.92 Å². The van der Waals surface area contributed by atoms with Crippen LogP contribution in [0.4, 0.5) is 5.95 Å². The molecule has 1 rings (SSSR count). The number of amides is 2. The third kappa shape index (κ3) is 3.74. The number of nitrogen functional groups attached to an aromatic ring is 1. The lowest BCUT2D eigenvalue weighted by atomic mass is 10.3. The van der Waals surface area contributed by atoms with Gasteiger partial charge in [0, 0.05) is 6.54 Å². The number of nitrogens with zero attached hydrogens (tertiary/aromatic N) is 2. The molecule has 1 aromatic heterocycles. The minimum atomic E-state index is -0.639. The second-order valence-electron chi connectivity index (χ2n) is 3.53. The molecule has 0 spiro atoms. The lowest BCUT2D eigenvalue weighted by Crippen LogP contribution is -2.45. The minimum Gasteiger partial charge on any atom is -0.366 e. The summed E-state index contributed by atoms with van der Waals surface area (Å²) in [6.45, 7) is 4.11. The van der Waals surface area contributed by atoms with E-state index in [2.05, 4.69) is 25.8 Å². The Morgan fingerprint density at radius 2 is 2.24 bits per heavy atom. The van der Waals surface area contributed by atoms with E-state index in [1.165, 1.54) is 0 Å². The summed E-state index contributed by atoms with van der Waals surface area (Å²) < 4.78 is 0. The van der Waals surface area contributed by atoms with E-state index in [-0.39, 0.29) is 17.7 Å². The molecule has 0 aliphatic heterocycles. The van der Waals surface area contributed by atoms with Crippen molar-refractivity contribution in [1.82, 2.24) is 25.8 Å². The summed E-state index contributed by atoms with van der Waals surface area (Å²) in [7, 11) is 0. The molecule has 2 amide bonds. The highest BCUT2D eigenvalue weighted by Crippen LogP contribution is 1.94. The van der Waals surface area contributed by atoms with E-state index in [1.807, 2.05) is 6.92 Å². The summed E-state index contributed by atoms with van der Waals surface area (Å²) in [6.07, 6.45) is 0.838. The van der Waals surface area contributed by atoms with Gasteiger partial charge in [0.25, 0.3) is 5.91 Å². The van der Waals surface area contributed by atoms with Crippen LogP contribution in [0.1, 0.15) is 30.9 Å². The zero-order valence-corrected chi connectivity index (χ0v) is 9.78. The summed E-state index contributed by atoms with van der Waals surface area (Å²) in [5.41, 5.74) is 5.26. The molecule has 8 nitrogen and oxygen atoms in total. The molecule has 0 saturated carbocycles. The fourth-order valence-corrected chi connectivity index (χ4v) is 1.11. The van der Waals surface area contributed by atoms with Gasteiger partial charge in [-0.1, -0.05) is 6.92 Å². The highest BCUT2D eigenvalue weighted by atomic mass is 16.2. The Balaban J connectivity index is 2.48. The van der Waals surface area contributed by atoms with Crippen LogP contribution in [0.25, 0.3) is 0 Å². The van der Waals surface area contributed by atoms with Gasteiger partial charge in [-0.2, -0.15) is 4.98 Å². The number of hydrogen-bond acceptors (Lipinski definition) is 5. The van der Waals surface area contributed by atoms with Gasteiger partial charge < -0.3 is 16.4 Å². The van der Waals surface area contributed by atoms with Gasteiger partial charge in [0.1, 0.15) is 6.04 Å². The number of H-pyrrole nitrogens is 1. The number of nitrogens with one attached hydrogen (secondary N) is 3. The van der Waals surface area contributed by atoms with Crippen molar-refractivity contribution in [3.05, 3.63) is 5.82 Å². The fourth-order valence-electron chi connectivity index (χ4n) is 1.11. The average molecular weight is 240 g/mol. The molecular weight excluding hydrogens is 224 g/mol. The van der Waals surface area contributed by atoms with E-state index in [4.69, 9.17) is 5.73 Å². The number of aromatic nitrogens is 3. The second-order valence-corrected chi connectivity index (χ2v) is 3.53. The normalized spacial score (nSPS) is 11.9. The van der Waals surface area contributed by atoms with E-state index in [0.717, 1.165) is 6.42 Å². The number of hydrogen-bond donors (Lipinski definition) is 4. The first-order chi connectivity index (χ1) is 8.04. The van der Waals surface area contributed by atoms with Gasteiger partial charge in [-0.3, -0.25) is 14.7 Å².